The van der Waals surface area contributed by atoms with Crippen molar-refractivity contribution in [2.45, 2.75) is 26.8 Å². The molecule has 0 saturated heterocycles. The van der Waals surface area contributed by atoms with E-state index in [1.54, 1.807) is 21.0 Å². The molecule has 0 aliphatic heterocycles. The normalized spacial score (nSPS) is 11.8. The van der Waals surface area contributed by atoms with Crippen LogP contribution in [0, 0.1) is 13.8 Å². The standard InChI is InChI=1S/C12H19N5OS/c1-6-7(2)15-16-11(9(6)10(13)19)14-8(3)12(18)17(4)5/h8H,1-5H3,(H2,13,19)(H,14,16). The summed E-state index contributed by atoms with van der Waals surface area (Å²) in [4.78, 5) is 13.6. The molecule has 0 aliphatic carbocycles. The van der Waals surface area contributed by atoms with Crippen LogP contribution in [0.4, 0.5) is 5.82 Å². The smallest absolute Gasteiger partial charge is 0.244 e. The lowest BCUT2D eigenvalue weighted by molar-refractivity contribution is -0.129. The third-order valence-electron chi connectivity index (χ3n) is 2.87. The lowest BCUT2D eigenvalue weighted by Gasteiger charge is -2.20. The van der Waals surface area contributed by atoms with Gasteiger partial charge in [-0.3, -0.25) is 4.79 Å². The number of thiocarbonyl (C=S) groups is 1. The zero-order valence-corrected chi connectivity index (χ0v) is 12.6. The van der Waals surface area contributed by atoms with E-state index in [0.29, 0.717) is 11.4 Å². The second kappa shape index (κ2) is 5.92. The maximum Gasteiger partial charge on any atom is 0.244 e. The number of carbonyl (C=O) groups excluding carboxylic acids is 1. The molecule has 6 nitrogen and oxygen atoms in total. The largest absolute Gasteiger partial charge is 0.389 e. The van der Waals surface area contributed by atoms with E-state index in [1.165, 1.54) is 4.90 Å². The average molecular weight is 281 g/mol. The Morgan fingerprint density at radius 2 is 1.95 bits per heavy atom. The second-order valence-corrected chi connectivity index (χ2v) is 5.04. The minimum atomic E-state index is -0.431. The molecule has 0 saturated carbocycles. The number of aromatic nitrogens is 2. The van der Waals surface area contributed by atoms with Crippen LogP contribution >= 0.6 is 12.2 Å². The second-order valence-electron chi connectivity index (χ2n) is 4.60. The van der Waals surface area contributed by atoms with Gasteiger partial charge in [0.15, 0.2) is 5.82 Å². The first-order chi connectivity index (χ1) is 8.75. The van der Waals surface area contributed by atoms with Crippen molar-refractivity contribution in [1.82, 2.24) is 15.1 Å². The number of hydrogen-bond acceptors (Lipinski definition) is 5. The maximum atomic E-state index is 11.8. The summed E-state index contributed by atoms with van der Waals surface area (Å²) >= 11 is 5.04. The van der Waals surface area contributed by atoms with Crippen LogP contribution < -0.4 is 11.1 Å². The van der Waals surface area contributed by atoms with Crippen LogP contribution in [-0.4, -0.2) is 46.1 Å². The SMILES string of the molecule is Cc1nnc(NC(C)C(=O)N(C)C)c(C(N)=S)c1C. The first-order valence-electron chi connectivity index (χ1n) is 5.87. The van der Waals surface area contributed by atoms with Gasteiger partial charge in [0.2, 0.25) is 5.91 Å². The Balaban J connectivity index is 3.12. The number of hydrogen-bond donors (Lipinski definition) is 2. The van der Waals surface area contributed by atoms with Crippen molar-refractivity contribution in [2.24, 2.45) is 5.73 Å². The summed E-state index contributed by atoms with van der Waals surface area (Å²) in [6.07, 6.45) is 0. The summed E-state index contributed by atoms with van der Waals surface area (Å²) in [5, 5.41) is 11.1. The van der Waals surface area contributed by atoms with Gasteiger partial charge < -0.3 is 16.0 Å². The van der Waals surface area contributed by atoms with E-state index >= 15 is 0 Å². The van der Waals surface area contributed by atoms with Gasteiger partial charge in [-0.05, 0) is 26.3 Å². The molecule has 0 aliphatic rings. The Hall–Kier alpha value is -1.76. The minimum Gasteiger partial charge on any atom is -0.389 e. The highest BCUT2D eigenvalue weighted by Crippen LogP contribution is 2.19. The van der Waals surface area contributed by atoms with Crippen molar-refractivity contribution in [3.8, 4) is 0 Å². The van der Waals surface area contributed by atoms with Gasteiger partial charge in [-0.25, -0.2) is 0 Å². The molecule has 7 heteroatoms. The van der Waals surface area contributed by atoms with Crippen LogP contribution in [0.15, 0.2) is 0 Å². The van der Waals surface area contributed by atoms with Crippen molar-refractivity contribution in [2.75, 3.05) is 19.4 Å². The van der Waals surface area contributed by atoms with Gasteiger partial charge in [0.05, 0.1) is 11.3 Å². The number of carbonyl (C=O) groups is 1. The van der Waals surface area contributed by atoms with E-state index in [4.69, 9.17) is 18.0 Å². The molecular formula is C12H19N5OS. The van der Waals surface area contributed by atoms with Crippen LogP contribution in [0.2, 0.25) is 0 Å². The van der Waals surface area contributed by atoms with Gasteiger partial charge in [0, 0.05) is 14.1 Å². The molecule has 19 heavy (non-hydrogen) atoms. The maximum absolute atomic E-state index is 11.8. The highest BCUT2D eigenvalue weighted by atomic mass is 32.1. The van der Waals surface area contributed by atoms with Gasteiger partial charge in [-0.1, -0.05) is 12.2 Å². The van der Waals surface area contributed by atoms with E-state index in [9.17, 15) is 4.79 Å². The molecule has 1 amide bonds. The fraction of sp³-hybridized carbons (Fsp3) is 0.500. The number of nitrogens with two attached hydrogens (primary N) is 1. The van der Waals surface area contributed by atoms with Crippen LogP contribution in [0.5, 0.6) is 0 Å². The van der Waals surface area contributed by atoms with Crippen molar-refractivity contribution in [1.29, 1.82) is 0 Å². The van der Waals surface area contributed by atoms with Gasteiger partial charge in [-0.15, -0.1) is 5.10 Å². The van der Waals surface area contributed by atoms with Crippen LogP contribution in [0.3, 0.4) is 0 Å². The zero-order chi connectivity index (χ0) is 14.7. The predicted octanol–water partition coefficient (Wildman–Crippen LogP) is 0.616. The molecule has 1 atom stereocenters. The highest BCUT2D eigenvalue weighted by Gasteiger charge is 2.19. The van der Waals surface area contributed by atoms with Gasteiger partial charge in [-0.2, -0.15) is 5.10 Å². The molecule has 104 valence electrons. The van der Waals surface area contributed by atoms with Crippen LogP contribution in [0.1, 0.15) is 23.7 Å². The molecular weight excluding hydrogens is 262 g/mol. The molecule has 1 heterocycles. The summed E-state index contributed by atoms with van der Waals surface area (Å²) in [7, 11) is 3.39. The molecule has 0 spiro atoms. The van der Waals surface area contributed by atoms with E-state index in [0.717, 1.165) is 11.3 Å². The van der Waals surface area contributed by atoms with E-state index in [-0.39, 0.29) is 10.9 Å². The number of aryl methyl sites for hydroxylation is 1. The fourth-order valence-electron chi connectivity index (χ4n) is 1.67. The number of anilines is 1. The predicted molar refractivity (Wildman–Crippen MR) is 79.2 cm³/mol. The first-order valence-corrected chi connectivity index (χ1v) is 6.28. The highest BCUT2D eigenvalue weighted by molar-refractivity contribution is 7.80. The molecule has 1 aromatic heterocycles. The summed E-state index contributed by atoms with van der Waals surface area (Å²) in [6, 6.07) is -0.431. The Morgan fingerprint density at radius 3 is 2.42 bits per heavy atom. The van der Waals surface area contributed by atoms with Crippen molar-refractivity contribution in [3.05, 3.63) is 16.8 Å². The molecule has 0 radical (unpaired) electrons. The van der Waals surface area contributed by atoms with Crippen molar-refractivity contribution >= 4 is 28.9 Å². The summed E-state index contributed by atoms with van der Waals surface area (Å²) in [6.45, 7) is 5.47. The molecule has 1 unspecified atom stereocenters. The Morgan fingerprint density at radius 1 is 1.37 bits per heavy atom. The minimum absolute atomic E-state index is 0.0612. The molecule has 0 bridgehead atoms. The lowest BCUT2D eigenvalue weighted by Crippen LogP contribution is -2.37. The fourth-order valence-corrected chi connectivity index (χ4v) is 1.91. The average Bonchev–Trinajstić information content (AvgIpc) is 2.32. The Labute approximate surface area is 118 Å². The molecule has 1 aromatic rings. The Kier molecular flexibility index (Phi) is 4.77. The molecule has 0 aromatic carbocycles. The third kappa shape index (κ3) is 3.37. The van der Waals surface area contributed by atoms with Crippen molar-refractivity contribution < 1.29 is 4.79 Å². The number of amides is 1. The van der Waals surface area contributed by atoms with Gasteiger partial charge in [0.25, 0.3) is 0 Å². The van der Waals surface area contributed by atoms with Crippen LogP contribution in [-0.2, 0) is 4.79 Å². The topological polar surface area (TPSA) is 84.1 Å². The van der Waals surface area contributed by atoms with E-state index in [2.05, 4.69) is 15.5 Å². The summed E-state index contributed by atoms with van der Waals surface area (Å²) in [5.74, 6) is 0.382. The molecule has 3 N–H and O–H groups in total. The first kappa shape index (κ1) is 15.3. The number of likely N-dealkylation sites (N-methyl/N-ethyl adjacent to an activating group) is 1. The zero-order valence-electron chi connectivity index (χ0n) is 11.8. The van der Waals surface area contributed by atoms with Gasteiger partial charge >= 0.3 is 0 Å². The Bertz CT molecular complexity index is 515. The van der Waals surface area contributed by atoms with E-state index in [1.807, 2.05) is 13.8 Å². The number of nitrogens with one attached hydrogen (secondary N) is 1. The monoisotopic (exact) mass is 281 g/mol. The summed E-state index contributed by atoms with van der Waals surface area (Å²) in [5.41, 5.74) is 8.00. The quantitative estimate of drug-likeness (QED) is 0.787. The summed E-state index contributed by atoms with van der Waals surface area (Å²) < 4.78 is 0. The van der Waals surface area contributed by atoms with Crippen molar-refractivity contribution in [3.63, 3.8) is 0 Å². The van der Waals surface area contributed by atoms with E-state index < -0.39 is 6.04 Å². The molecule has 1 rings (SSSR count). The molecule has 0 fully saturated rings. The third-order valence-corrected chi connectivity index (χ3v) is 3.07. The van der Waals surface area contributed by atoms with Gasteiger partial charge in [0.1, 0.15) is 11.0 Å². The lowest BCUT2D eigenvalue weighted by atomic mass is 10.1. The number of rotatable bonds is 4. The number of nitrogens with zero attached hydrogens (tertiary/aromatic N) is 3. The van der Waals surface area contributed by atoms with Crippen LogP contribution in [0.25, 0.3) is 0 Å².